The highest BCUT2D eigenvalue weighted by Gasteiger charge is 2.28. The summed E-state index contributed by atoms with van der Waals surface area (Å²) in [5, 5.41) is 0. The molecule has 0 aliphatic rings. The fourth-order valence-electron chi connectivity index (χ4n) is 0.874. The van der Waals surface area contributed by atoms with Gasteiger partial charge < -0.3 is 4.74 Å². The third-order valence-corrected chi connectivity index (χ3v) is 2.08. The van der Waals surface area contributed by atoms with Gasteiger partial charge in [0.15, 0.2) is 0 Å². The highest BCUT2D eigenvalue weighted by molar-refractivity contribution is 14.1. The molecule has 0 heterocycles. The van der Waals surface area contributed by atoms with Crippen LogP contribution in [0.15, 0.2) is 24.3 Å². The summed E-state index contributed by atoms with van der Waals surface area (Å²) in [5.74, 6) is 0.535. The SMILES string of the molecule is FC(F)(F)OCCOc1cccc(I)c1. The Morgan fingerprint density at radius 2 is 1.93 bits per heavy atom. The van der Waals surface area contributed by atoms with Crippen molar-refractivity contribution in [2.45, 2.75) is 6.36 Å². The van der Waals surface area contributed by atoms with E-state index in [2.05, 4.69) is 27.3 Å². The Balaban J connectivity index is 2.26. The molecule has 6 heteroatoms. The fraction of sp³-hybridized carbons (Fsp3) is 0.333. The molecule has 0 amide bonds. The van der Waals surface area contributed by atoms with Gasteiger partial charge in [-0.05, 0) is 40.8 Å². The lowest BCUT2D eigenvalue weighted by atomic mass is 10.3. The number of alkyl halides is 3. The molecule has 84 valence electrons. The Labute approximate surface area is 98.5 Å². The lowest BCUT2D eigenvalue weighted by Gasteiger charge is -2.08. The number of hydrogen-bond acceptors (Lipinski definition) is 2. The van der Waals surface area contributed by atoms with E-state index in [-0.39, 0.29) is 6.61 Å². The molecule has 0 saturated carbocycles. The number of rotatable bonds is 4. The molecule has 0 N–H and O–H groups in total. The molecule has 0 spiro atoms. The Morgan fingerprint density at radius 1 is 1.20 bits per heavy atom. The van der Waals surface area contributed by atoms with Crippen molar-refractivity contribution >= 4 is 22.6 Å². The summed E-state index contributed by atoms with van der Waals surface area (Å²) >= 11 is 2.09. The van der Waals surface area contributed by atoms with E-state index in [0.29, 0.717) is 5.75 Å². The van der Waals surface area contributed by atoms with Gasteiger partial charge in [-0.15, -0.1) is 13.2 Å². The smallest absolute Gasteiger partial charge is 0.491 e. The van der Waals surface area contributed by atoms with E-state index in [9.17, 15) is 13.2 Å². The first-order chi connectivity index (χ1) is 6.97. The monoisotopic (exact) mass is 332 g/mol. The molecule has 0 bridgehead atoms. The third-order valence-electron chi connectivity index (χ3n) is 1.41. The van der Waals surface area contributed by atoms with Gasteiger partial charge in [-0.2, -0.15) is 0 Å². The Bertz CT molecular complexity index is 314. The lowest BCUT2D eigenvalue weighted by Crippen LogP contribution is -2.18. The largest absolute Gasteiger partial charge is 0.522 e. The van der Waals surface area contributed by atoms with Gasteiger partial charge in [0.05, 0.1) is 6.61 Å². The molecule has 0 aliphatic carbocycles. The Morgan fingerprint density at radius 3 is 2.53 bits per heavy atom. The first kappa shape index (κ1) is 12.6. The summed E-state index contributed by atoms with van der Waals surface area (Å²) in [6.45, 7) is -0.630. The molecule has 0 fully saturated rings. The first-order valence-electron chi connectivity index (χ1n) is 4.06. The Kier molecular flexibility index (Phi) is 4.65. The van der Waals surface area contributed by atoms with Gasteiger partial charge in [-0.3, -0.25) is 4.74 Å². The highest BCUT2D eigenvalue weighted by Crippen LogP contribution is 2.17. The van der Waals surface area contributed by atoms with Crippen LogP contribution in [0.25, 0.3) is 0 Å². The number of hydrogen-bond donors (Lipinski definition) is 0. The van der Waals surface area contributed by atoms with Crippen LogP contribution in [-0.2, 0) is 4.74 Å². The summed E-state index contributed by atoms with van der Waals surface area (Å²) < 4.78 is 44.3. The minimum absolute atomic E-state index is 0.125. The molecule has 0 aromatic heterocycles. The van der Waals surface area contributed by atoms with Crippen molar-refractivity contribution in [1.82, 2.24) is 0 Å². The minimum Gasteiger partial charge on any atom is -0.491 e. The summed E-state index contributed by atoms with van der Waals surface area (Å²) in [6.07, 6.45) is -4.59. The van der Waals surface area contributed by atoms with Gasteiger partial charge in [-0.25, -0.2) is 0 Å². The van der Waals surface area contributed by atoms with Crippen LogP contribution in [0, 0.1) is 3.57 Å². The van der Waals surface area contributed by atoms with Gasteiger partial charge in [0.1, 0.15) is 12.4 Å². The number of benzene rings is 1. The average Bonchev–Trinajstić information content (AvgIpc) is 2.11. The van der Waals surface area contributed by atoms with E-state index in [4.69, 9.17) is 4.74 Å². The second kappa shape index (κ2) is 5.55. The van der Waals surface area contributed by atoms with Crippen LogP contribution in [0.3, 0.4) is 0 Å². The van der Waals surface area contributed by atoms with E-state index in [1.165, 1.54) is 0 Å². The maximum Gasteiger partial charge on any atom is 0.522 e. The van der Waals surface area contributed by atoms with Crippen molar-refractivity contribution < 1.29 is 22.6 Å². The maximum atomic E-state index is 11.6. The van der Waals surface area contributed by atoms with Crippen LogP contribution in [0.1, 0.15) is 0 Å². The van der Waals surface area contributed by atoms with Crippen LogP contribution in [0.5, 0.6) is 5.75 Å². The summed E-state index contributed by atoms with van der Waals surface area (Å²) in [7, 11) is 0. The normalized spacial score (nSPS) is 11.5. The van der Waals surface area contributed by atoms with Crippen LogP contribution in [-0.4, -0.2) is 19.6 Å². The Hall–Kier alpha value is -0.500. The maximum absolute atomic E-state index is 11.6. The lowest BCUT2D eigenvalue weighted by molar-refractivity contribution is -0.325. The van der Waals surface area contributed by atoms with Crippen LogP contribution in [0.4, 0.5) is 13.2 Å². The third kappa shape index (κ3) is 5.83. The van der Waals surface area contributed by atoms with Crippen LogP contribution in [0.2, 0.25) is 0 Å². The molecule has 1 aromatic rings. The summed E-state index contributed by atoms with van der Waals surface area (Å²) in [4.78, 5) is 0. The molecule has 2 nitrogen and oxygen atoms in total. The van der Waals surface area contributed by atoms with Crippen molar-refractivity contribution in [2.75, 3.05) is 13.2 Å². The van der Waals surface area contributed by atoms with Crippen molar-refractivity contribution in [1.29, 1.82) is 0 Å². The zero-order valence-corrected chi connectivity index (χ0v) is 9.71. The summed E-state index contributed by atoms with van der Waals surface area (Å²) in [6, 6.07) is 7.03. The second-order valence-electron chi connectivity index (χ2n) is 2.60. The second-order valence-corrected chi connectivity index (χ2v) is 3.85. The van der Waals surface area contributed by atoms with Crippen LogP contribution < -0.4 is 4.74 Å². The number of ether oxygens (including phenoxy) is 2. The van der Waals surface area contributed by atoms with Gasteiger partial charge in [-0.1, -0.05) is 6.07 Å². The minimum atomic E-state index is -4.59. The van der Waals surface area contributed by atoms with Crippen molar-refractivity contribution in [3.63, 3.8) is 0 Å². The van der Waals surface area contributed by atoms with E-state index in [1.807, 2.05) is 6.07 Å². The van der Waals surface area contributed by atoms with Crippen LogP contribution >= 0.6 is 22.6 Å². The molecule has 0 unspecified atom stereocenters. The molecule has 15 heavy (non-hydrogen) atoms. The topological polar surface area (TPSA) is 18.5 Å². The first-order valence-corrected chi connectivity index (χ1v) is 5.14. The molecule has 0 atom stereocenters. The fourth-order valence-corrected chi connectivity index (χ4v) is 1.39. The van der Waals surface area contributed by atoms with Gasteiger partial charge in [0.25, 0.3) is 0 Å². The van der Waals surface area contributed by atoms with Gasteiger partial charge >= 0.3 is 6.36 Å². The van der Waals surface area contributed by atoms with E-state index >= 15 is 0 Å². The van der Waals surface area contributed by atoms with Crippen molar-refractivity contribution in [3.8, 4) is 5.75 Å². The summed E-state index contributed by atoms with van der Waals surface area (Å²) in [5.41, 5.74) is 0. The van der Waals surface area contributed by atoms with E-state index < -0.39 is 13.0 Å². The molecule has 1 aromatic carbocycles. The zero-order chi connectivity index (χ0) is 11.3. The zero-order valence-electron chi connectivity index (χ0n) is 7.55. The average molecular weight is 332 g/mol. The van der Waals surface area contributed by atoms with Gasteiger partial charge in [0, 0.05) is 3.57 Å². The van der Waals surface area contributed by atoms with Gasteiger partial charge in [0.2, 0.25) is 0 Å². The number of halogens is 4. The highest BCUT2D eigenvalue weighted by atomic mass is 127. The van der Waals surface area contributed by atoms with Crippen molar-refractivity contribution in [2.24, 2.45) is 0 Å². The molecular weight excluding hydrogens is 324 g/mol. The predicted molar refractivity (Wildman–Crippen MR) is 56.7 cm³/mol. The standard InChI is InChI=1S/C9H8F3IO2/c10-9(11,12)15-5-4-14-8-3-1-2-7(13)6-8/h1-3,6H,4-5H2. The molecular formula is C9H8F3IO2. The van der Waals surface area contributed by atoms with Crippen molar-refractivity contribution in [3.05, 3.63) is 27.8 Å². The molecule has 0 saturated heterocycles. The quantitative estimate of drug-likeness (QED) is 0.623. The van der Waals surface area contributed by atoms with E-state index in [0.717, 1.165) is 3.57 Å². The van der Waals surface area contributed by atoms with E-state index in [1.54, 1.807) is 18.2 Å². The molecule has 0 aliphatic heterocycles. The molecule has 0 radical (unpaired) electrons. The molecule has 1 rings (SSSR count). The predicted octanol–water partition coefficient (Wildman–Crippen LogP) is 3.21.